The molecule has 18 heavy (non-hydrogen) atoms. The molecule has 1 unspecified atom stereocenters. The van der Waals surface area contributed by atoms with E-state index in [1.807, 2.05) is 7.05 Å². The Morgan fingerprint density at radius 1 is 1.28 bits per heavy atom. The number of halogens is 1. The molecule has 2 aromatic rings. The summed E-state index contributed by atoms with van der Waals surface area (Å²) in [6.07, 6.45) is 2.10. The Morgan fingerprint density at radius 3 is 2.72 bits per heavy atom. The third-order valence-electron chi connectivity index (χ3n) is 2.98. The van der Waals surface area contributed by atoms with Crippen molar-refractivity contribution in [3.05, 3.63) is 65.2 Å². The Kier molecular flexibility index (Phi) is 4.05. The van der Waals surface area contributed by atoms with Crippen LogP contribution in [0.3, 0.4) is 0 Å². The molecular formula is C15H17FN2. The predicted octanol–water partition coefficient (Wildman–Crippen LogP) is 3.03. The number of aromatic nitrogens is 1. The molecule has 1 heterocycles. The highest BCUT2D eigenvalue weighted by atomic mass is 19.1. The summed E-state index contributed by atoms with van der Waals surface area (Å²) < 4.78 is 12.9. The van der Waals surface area contributed by atoms with Gasteiger partial charge in [-0.2, -0.15) is 0 Å². The van der Waals surface area contributed by atoms with Crippen LogP contribution in [-0.4, -0.2) is 12.0 Å². The molecule has 0 spiro atoms. The maximum absolute atomic E-state index is 12.9. The fraction of sp³-hybridized carbons (Fsp3) is 0.267. The molecular weight excluding hydrogens is 227 g/mol. The average molecular weight is 244 g/mol. The molecule has 0 saturated heterocycles. The van der Waals surface area contributed by atoms with Gasteiger partial charge in [-0.3, -0.25) is 4.98 Å². The normalized spacial score (nSPS) is 12.4. The minimum atomic E-state index is -0.302. The SMILES string of the molecule is CNC(Cc1cccc(C)c1)c1ccc(F)cn1. The standard InChI is InChI=1S/C15H17FN2/c1-11-4-3-5-12(8-11)9-15(17-2)14-7-6-13(16)10-18-14/h3-8,10,15,17H,9H2,1-2H3. The van der Waals surface area contributed by atoms with E-state index < -0.39 is 0 Å². The van der Waals surface area contributed by atoms with Gasteiger partial charge < -0.3 is 5.32 Å². The van der Waals surface area contributed by atoms with Gasteiger partial charge in [0.25, 0.3) is 0 Å². The molecule has 0 radical (unpaired) electrons. The summed E-state index contributed by atoms with van der Waals surface area (Å²) in [5.74, 6) is -0.302. The predicted molar refractivity (Wildman–Crippen MR) is 70.9 cm³/mol. The van der Waals surface area contributed by atoms with Gasteiger partial charge in [-0.1, -0.05) is 29.8 Å². The number of nitrogens with one attached hydrogen (secondary N) is 1. The van der Waals surface area contributed by atoms with Crippen molar-refractivity contribution in [1.82, 2.24) is 10.3 Å². The van der Waals surface area contributed by atoms with Crippen molar-refractivity contribution in [3.8, 4) is 0 Å². The van der Waals surface area contributed by atoms with E-state index in [4.69, 9.17) is 0 Å². The molecule has 0 saturated carbocycles. The molecule has 1 N–H and O–H groups in total. The van der Waals surface area contributed by atoms with Crippen molar-refractivity contribution in [2.45, 2.75) is 19.4 Å². The van der Waals surface area contributed by atoms with Crippen molar-refractivity contribution < 1.29 is 4.39 Å². The fourth-order valence-electron chi connectivity index (χ4n) is 2.02. The first-order valence-corrected chi connectivity index (χ1v) is 6.03. The van der Waals surface area contributed by atoms with Gasteiger partial charge in [-0.05, 0) is 38.1 Å². The highest BCUT2D eigenvalue weighted by Crippen LogP contribution is 2.17. The Labute approximate surface area is 107 Å². The molecule has 1 aromatic heterocycles. The molecule has 0 amide bonds. The largest absolute Gasteiger partial charge is 0.311 e. The first-order valence-electron chi connectivity index (χ1n) is 6.03. The second-order valence-corrected chi connectivity index (χ2v) is 4.44. The number of aryl methyl sites for hydroxylation is 1. The molecule has 0 aliphatic carbocycles. The van der Waals surface area contributed by atoms with Crippen LogP contribution >= 0.6 is 0 Å². The van der Waals surface area contributed by atoms with Crippen molar-refractivity contribution >= 4 is 0 Å². The quantitative estimate of drug-likeness (QED) is 0.894. The summed E-state index contributed by atoms with van der Waals surface area (Å²) in [5, 5.41) is 3.22. The zero-order chi connectivity index (χ0) is 13.0. The number of hydrogen-bond acceptors (Lipinski definition) is 2. The van der Waals surface area contributed by atoms with Crippen LogP contribution in [0.1, 0.15) is 22.9 Å². The maximum Gasteiger partial charge on any atom is 0.141 e. The fourth-order valence-corrected chi connectivity index (χ4v) is 2.02. The molecule has 94 valence electrons. The molecule has 0 fully saturated rings. The number of hydrogen-bond donors (Lipinski definition) is 1. The maximum atomic E-state index is 12.9. The van der Waals surface area contributed by atoms with E-state index in [-0.39, 0.29) is 11.9 Å². The summed E-state index contributed by atoms with van der Waals surface area (Å²) in [6.45, 7) is 2.08. The molecule has 2 rings (SSSR count). The Bertz CT molecular complexity index is 508. The van der Waals surface area contributed by atoms with Crippen LogP contribution in [0.2, 0.25) is 0 Å². The van der Waals surface area contributed by atoms with E-state index >= 15 is 0 Å². The van der Waals surface area contributed by atoms with E-state index in [2.05, 4.69) is 41.5 Å². The van der Waals surface area contributed by atoms with Crippen LogP contribution < -0.4 is 5.32 Å². The second kappa shape index (κ2) is 5.74. The Morgan fingerprint density at radius 2 is 2.11 bits per heavy atom. The van der Waals surface area contributed by atoms with E-state index in [0.29, 0.717) is 0 Å². The van der Waals surface area contributed by atoms with Crippen molar-refractivity contribution in [3.63, 3.8) is 0 Å². The van der Waals surface area contributed by atoms with E-state index in [9.17, 15) is 4.39 Å². The van der Waals surface area contributed by atoms with Crippen LogP contribution in [-0.2, 0) is 6.42 Å². The van der Waals surface area contributed by atoms with Gasteiger partial charge in [0.15, 0.2) is 0 Å². The topological polar surface area (TPSA) is 24.9 Å². The lowest BCUT2D eigenvalue weighted by Gasteiger charge is -2.16. The number of pyridine rings is 1. The summed E-state index contributed by atoms with van der Waals surface area (Å²) in [7, 11) is 1.89. The second-order valence-electron chi connectivity index (χ2n) is 4.44. The smallest absolute Gasteiger partial charge is 0.141 e. The van der Waals surface area contributed by atoms with Crippen LogP contribution in [0.4, 0.5) is 4.39 Å². The van der Waals surface area contributed by atoms with Crippen LogP contribution in [0.5, 0.6) is 0 Å². The summed E-state index contributed by atoms with van der Waals surface area (Å²) in [4.78, 5) is 4.13. The van der Waals surface area contributed by atoms with Gasteiger partial charge in [0.05, 0.1) is 17.9 Å². The number of benzene rings is 1. The first-order chi connectivity index (χ1) is 8.69. The number of rotatable bonds is 4. The van der Waals surface area contributed by atoms with Gasteiger partial charge in [0, 0.05) is 0 Å². The summed E-state index contributed by atoms with van der Waals surface area (Å²) >= 11 is 0. The van der Waals surface area contributed by atoms with Crippen LogP contribution in [0, 0.1) is 12.7 Å². The van der Waals surface area contributed by atoms with Gasteiger partial charge in [-0.15, -0.1) is 0 Å². The van der Waals surface area contributed by atoms with E-state index in [1.165, 1.54) is 23.4 Å². The number of likely N-dealkylation sites (N-methyl/N-ethyl adjacent to an activating group) is 1. The molecule has 1 aromatic carbocycles. The van der Waals surface area contributed by atoms with Gasteiger partial charge in [0.2, 0.25) is 0 Å². The van der Waals surface area contributed by atoms with Gasteiger partial charge in [-0.25, -0.2) is 4.39 Å². The highest BCUT2D eigenvalue weighted by molar-refractivity contribution is 5.24. The van der Waals surface area contributed by atoms with Crippen molar-refractivity contribution in [1.29, 1.82) is 0 Å². The summed E-state index contributed by atoms with van der Waals surface area (Å²) in [6, 6.07) is 11.7. The lowest BCUT2D eigenvalue weighted by atomic mass is 10.0. The minimum absolute atomic E-state index is 0.104. The lowest BCUT2D eigenvalue weighted by molar-refractivity contribution is 0.565. The molecule has 1 atom stereocenters. The zero-order valence-electron chi connectivity index (χ0n) is 10.7. The minimum Gasteiger partial charge on any atom is -0.311 e. The van der Waals surface area contributed by atoms with E-state index in [0.717, 1.165) is 12.1 Å². The molecule has 3 heteroatoms. The van der Waals surface area contributed by atoms with Gasteiger partial charge >= 0.3 is 0 Å². The third kappa shape index (κ3) is 3.14. The lowest BCUT2D eigenvalue weighted by Crippen LogP contribution is -2.20. The van der Waals surface area contributed by atoms with E-state index in [1.54, 1.807) is 6.07 Å². The van der Waals surface area contributed by atoms with Crippen LogP contribution in [0.15, 0.2) is 42.6 Å². The number of nitrogens with zero attached hydrogens (tertiary/aromatic N) is 1. The summed E-state index contributed by atoms with van der Waals surface area (Å²) in [5.41, 5.74) is 3.36. The Hall–Kier alpha value is -1.74. The first kappa shape index (κ1) is 12.7. The third-order valence-corrected chi connectivity index (χ3v) is 2.98. The molecule has 0 bridgehead atoms. The zero-order valence-corrected chi connectivity index (χ0v) is 10.7. The monoisotopic (exact) mass is 244 g/mol. The van der Waals surface area contributed by atoms with Crippen molar-refractivity contribution in [2.75, 3.05) is 7.05 Å². The average Bonchev–Trinajstić information content (AvgIpc) is 2.37. The Balaban J connectivity index is 2.17. The molecule has 2 nitrogen and oxygen atoms in total. The highest BCUT2D eigenvalue weighted by Gasteiger charge is 2.11. The molecule has 0 aliphatic heterocycles. The molecule has 0 aliphatic rings. The van der Waals surface area contributed by atoms with Crippen LogP contribution in [0.25, 0.3) is 0 Å². The van der Waals surface area contributed by atoms with Crippen molar-refractivity contribution in [2.24, 2.45) is 0 Å². The van der Waals surface area contributed by atoms with Gasteiger partial charge in [0.1, 0.15) is 5.82 Å².